The minimum absolute atomic E-state index is 0.0630. The predicted molar refractivity (Wildman–Crippen MR) is 62.0 cm³/mol. The smallest absolute Gasteiger partial charge is 0.303 e. The first-order valence-corrected chi connectivity index (χ1v) is 6.36. The third-order valence-corrected chi connectivity index (χ3v) is 2.92. The van der Waals surface area contributed by atoms with E-state index in [4.69, 9.17) is 14.4 Å². The average Bonchev–Trinajstić information content (AvgIpc) is 3.06. The van der Waals surface area contributed by atoms with E-state index in [2.05, 4.69) is 10.1 Å². The van der Waals surface area contributed by atoms with Gasteiger partial charge in [-0.1, -0.05) is 5.16 Å². The Hall–Kier alpha value is -1.43. The van der Waals surface area contributed by atoms with E-state index >= 15 is 0 Å². The number of carbonyl (C=O) groups is 1. The van der Waals surface area contributed by atoms with Crippen LogP contribution in [0.4, 0.5) is 0 Å². The largest absolute Gasteiger partial charge is 0.481 e. The molecule has 6 heteroatoms. The van der Waals surface area contributed by atoms with Gasteiger partial charge in [0.05, 0.1) is 0 Å². The maximum absolute atomic E-state index is 10.4. The molecule has 1 N–H and O–H groups in total. The molecule has 1 aromatic rings. The SMILES string of the molecule is CCOC(c1noc(CCCC(=O)O)n1)C1CC1. The Morgan fingerprint density at radius 1 is 1.61 bits per heavy atom. The van der Waals surface area contributed by atoms with Crippen LogP contribution in [0.25, 0.3) is 0 Å². The van der Waals surface area contributed by atoms with Crippen LogP contribution < -0.4 is 0 Å². The first-order chi connectivity index (χ1) is 8.70. The van der Waals surface area contributed by atoms with Gasteiger partial charge in [0.15, 0.2) is 0 Å². The number of hydrogen-bond acceptors (Lipinski definition) is 5. The summed E-state index contributed by atoms with van der Waals surface area (Å²) < 4.78 is 10.7. The Labute approximate surface area is 105 Å². The number of hydrogen-bond donors (Lipinski definition) is 1. The Kier molecular flexibility index (Phi) is 4.30. The molecular weight excluding hydrogens is 236 g/mol. The number of aliphatic carboxylic acids is 1. The van der Waals surface area contributed by atoms with Crippen LogP contribution in [-0.4, -0.2) is 27.8 Å². The maximum atomic E-state index is 10.4. The highest BCUT2D eigenvalue weighted by atomic mass is 16.5. The van der Waals surface area contributed by atoms with Crippen molar-refractivity contribution in [1.82, 2.24) is 10.1 Å². The van der Waals surface area contributed by atoms with E-state index in [0.717, 1.165) is 12.8 Å². The van der Waals surface area contributed by atoms with Crippen LogP contribution in [0.2, 0.25) is 0 Å². The second kappa shape index (κ2) is 5.95. The molecule has 0 amide bonds. The molecule has 1 aromatic heterocycles. The van der Waals surface area contributed by atoms with Crippen molar-refractivity contribution in [3.63, 3.8) is 0 Å². The third-order valence-electron chi connectivity index (χ3n) is 2.92. The Bertz CT molecular complexity index is 401. The molecule has 1 saturated carbocycles. The number of carboxylic acid groups (broad SMARTS) is 1. The number of rotatable bonds is 8. The normalized spacial score (nSPS) is 16.7. The van der Waals surface area contributed by atoms with Crippen LogP contribution in [0.15, 0.2) is 4.52 Å². The zero-order chi connectivity index (χ0) is 13.0. The lowest BCUT2D eigenvalue weighted by atomic mass is 10.2. The lowest BCUT2D eigenvalue weighted by Crippen LogP contribution is -2.08. The van der Waals surface area contributed by atoms with E-state index in [-0.39, 0.29) is 12.5 Å². The summed E-state index contributed by atoms with van der Waals surface area (Å²) in [4.78, 5) is 14.7. The van der Waals surface area contributed by atoms with Gasteiger partial charge in [0.1, 0.15) is 6.10 Å². The average molecular weight is 254 g/mol. The molecular formula is C12H18N2O4. The first-order valence-electron chi connectivity index (χ1n) is 6.36. The molecule has 1 unspecified atom stereocenters. The lowest BCUT2D eigenvalue weighted by Gasteiger charge is -2.10. The van der Waals surface area contributed by atoms with Crippen LogP contribution in [0.3, 0.4) is 0 Å². The second-order valence-corrected chi connectivity index (χ2v) is 4.51. The first kappa shape index (κ1) is 13.0. The summed E-state index contributed by atoms with van der Waals surface area (Å²) in [5.41, 5.74) is 0. The molecule has 100 valence electrons. The van der Waals surface area contributed by atoms with E-state index in [1.165, 1.54) is 0 Å². The van der Waals surface area contributed by atoms with Gasteiger partial charge < -0.3 is 14.4 Å². The van der Waals surface area contributed by atoms with Crippen molar-refractivity contribution >= 4 is 5.97 Å². The second-order valence-electron chi connectivity index (χ2n) is 4.51. The fourth-order valence-electron chi connectivity index (χ4n) is 1.88. The lowest BCUT2D eigenvalue weighted by molar-refractivity contribution is -0.137. The Morgan fingerprint density at radius 3 is 3.00 bits per heavy atom. The van der Waals surface area contributed by atoms with Crippen LogP contribution in [-0.2, 0) is 16.0 Å². The summed E-state index contributed by atoms with van der Waals surface area (Å²) in [5.74, 6) is 0.801. The molecule has 6 nitrogen and oxygen atoms in total. The van der Waals surface area contributed by atoms with Gasteiger partial charge in [-0.25, -0.2) is 0 Å². The van der Waals surface area contributed by atoms with Gasteiger partial charge in [-0.05, 0) is 32.1 Å². The quantitative estimate of drug-likeness (QED) is 0.763. The summed E-state index contributed by atoms with van der Waals surface area (Å²) >= 11 is 0. The number of nitrogens with zero attached hydrogens (tertiary/aromatic N) is 2. The topological polar surface area (TPSA) is 85.5 Å². The van der Waals surface area contributed by atoms with Crippen LogP contribution in [0, 0.1) is 5.92 Å². The highest BCUT2D eigenvalue weighted by Gasteiger charge is 2.36. The van der Waals surface area contributed by atoms with Crippen LogP contribution in [0.5, 0.6) is 0 Å². The Balaban J connectivity index is 1.89. The number of aromatic nitrogens is 2. The van der Waals surface area contributed by atoms with E-state index < -0.39 is 5.97 Å². The number of carboxylic acids is 1. The maximum Gasteiger partial charge on any atom is 0.303 e. The van der Waals surface area contributed by atoms with Crippen molar-refractivity contribution in [1.29, 1.82) is 0 Å². The van der Waals surface area contributed by atoms with Gasteiger partial charge >= 0.3 is 5.97 Å². The fraction of sp³-hybridized carbons (Fsp3) is 0.750. The van der Waals surface area contributed by atoms with E-state index in [9.17, 15) is 4.79 Å². The zero-order valence-electron chi connectivity index (χ0n) is 10.5. The van der Waals surface area contributed by atoms with Crippen molar-refractivity contribution in [3.05, 3.63) is 11.7 Å². The van der Waals surface area contributed by atoms with Gasteiger partial charge in [-0.15, -0.1) is 0 Å². The molecule has 18 heavy (non-hydrogen) atoms. The molecule has 0 bridgehead atoms. The molecule has 0 saturated heterocycles. The highest BCUT2D eigenvalue weighted by molar-refractivity contribution is 5.66. The molecule has 0 spiro atoms. The minimum atomic E-state index is -0.806. The van der Waals surface area contributed by atoms with Gasteiger partial charge in [-0.3, -0.25) is 4.79 Å². The van der Waals surface area contributed by atoms with Gasteiger partial charge in [0.2, 0.25) is 11.7 Å². The summed E-state index contributed by atoms with van der Waals surface area (Å²) in [6.07, 6.45) is 3.37. The van der Waals surface area contributed by atoms with Crippen molar-refractivity contribution < 1.29 is 19.2 Å². The van der Waals surface area contributed by atoms with E-state index in [1.54, 1.807) is 0 Å². The molecule has 2 rings (SSSR count). The molecule has 0 aromatic carbocycles. The highest BCUT2D eigenvalue weighted by Crippen LogP contribution is 2.42. The van der Waals surface area contributed by atoms with Gasteiger partial charge in [0.25, 0.3) is 0 Å². The van der Waals surface area contributed by atoms with E-state index in [0.29, 0.717) is 37.1 Å². The predicted octanol–water partition coefficient (Wildman–Crippen LogP) is 1.96. The van der Waals surface area contributed by atoms with Crippen LogP contribution in [0.1, 0.15) is 50.4 Å². The van der Waals surface area contributed by atoms with Gasteiger partial charge in [0, 0.05) is 19.4 Å². The van der Waals surface area contributed by atoms with Gasteiger partial charge in [-0.2, -0.15) is 4.98 Å². The summed E-state index contributed by atoms with van der Waals surface area (Å²) in [5, 5.41) is 12.5. The van der Waals surface area contributed by atoms with E-state index in [1.807, 2.05) is 6.92 Å². The van der Waals surface area contributed by atoms with Crippen molar-refractivity contribution in [2.24, 2.45) is 5.92 Å². The standard InChI is InChI=1S/C12H18N2O4/c1-2-17-11(8-6-7-8)12-13-9(18-14-12)4-3-5-10(15)16/h8,11H,2-7H2,1H3,(H,15,16). The van der Waals surface area contributed by atoms with Crippen LogP contribution >= 0.6 is 0 Å². The molecule has 1 atom stereocenters. The molecule has 1 aliphatic carbocycles. The molecule has 1 fully saturated rings. The summed E-state index contributed by atoms with van der Waals surface area (Å²) in [6.45, 7) is 2.58. The minimum Gasteiger partial charge on any atom is -0.481 e. The van der Waals surface area contributed by atoms with Crippen molar-refractivity contribution in [2.75, 3.05) is 6.61 Å². The third kappa shape index (κ3) is 3.53. The summed E-state index contributed by atoms with van der Waals surface area (Å²) in [7, 11) is 0. The number of aryl methyl sites for hydroxylation is 1. The Morgan fingerprint density at radius 2 is 2.39 bits per heavy atom. The zero-order valence-corrected chi connectivity index (χ0v) is 10.5. The molecule has 1 aliphatic rings. The fourth-order valence-corrected chi connectivity index (χ4v) is 1.88. The van der Waals surface area contributed by atoms with Crippen molar-refractivity contribution in [2.45, 2.75) is 45.1 Å². The van der Waals surface area contributed by atoms with Crippen molar-refractivity contribution in [3.8, 4) is 0 Å². The number of ether oxygens (including phenoxy) is 1. The molecule has 0 radical (unpaired) electrons. The molecule has 1 heterocycles. The molecule has 0 aliphatic heterocycles. The summed E-state index contributed by atoms with van der Waals surface area (Å²) in [6, 6.07) is 0. The monoisotopic (exact) mass is 254 g/mol.